The van der Waals surface area contributed by atoms with E-state index in [9.17, 15) is 0 Å². The number of benzene rings is 2. The van der Waals surface area contributed by atoms with Crippen molar-refractivity contribution in [1.82, 2.24) is 9.97 Å². The van der Waals surface area contributed by atoms with Crippen LogP contribution in [0.2, 0.25) is 0 Å². The summed E-state index contributed by atoms with van der Waals surface area (Å²) in [6.07, 6.45) is 0. The summed E-state index contributed by atoms with van der Waals surface area (Å²) in [6, 6.07) is 16.7. The molecule has 96 valence electrons. The molecule has 3 rings (SSSR count). The third kappa shape index (κ3) is 2.26. The van der Waals surface area contributed by atoms with Crippen LogP contribution in [-0.4, -0.2) is 9.97 Å². The van der Waals surface area contributed by atoms with E-state index in [0.717, 1.165) is 22.4 Å². The highest BCUT2D eigenvalue weighted by Crippen LogP contribution is 2.26. The lowest BCUT2D eigenvalue weighted by Gasteiger charge is -2.18. The smallest absolute Gasteiger partial charge is 0.138 e. The van der Waals surface area contributed by atoms with Crippen molar-refractivity contribution in [3.05, 3.63) is 54.1 Å². The molecule has 19 heavy (non-hydrogen) atoms. The molecule has 0 aliphatic carbocycles. The normalized spacial score (nSPS) is 11.9. The average Bonchev–Trinajstić information content (AvgIpc) is 2.81. The fourth-order valence-electron chi connectivity index (χ4n) is 2.22. The number of fused-ring (bicyclic) bond motifs is 1. The number of H-pyrrole nitrogens is 1. The van der Waals surface area contributed by atoms with E-state index in [1.54, 1.807) is 0 Å². The van der Waals surface area contributed by atoms with Gasteiger partial charge in [0.05, 0.1) is 11.0 Å². The van der Waals surface area contributed by atoms with E-state index >= 15 is 0 Å². The number of para-hydroxylation sites is 2. The summed E-state index contributed by atoms with van der Waals surface area (Å²) in [7, 11) is 0. The minimum Gasteiger partial charge on any atom is -0.338 e. The van der Waals surface area contributed by atoms with Crippen molar-refractivity contribution in [1.29, 1.82) is 0 Å². The average molecular weight is 250 g/mol. The van der Waals surface area contributed by atoms with E-state index in [-0.39, 0.29) is 5.41 Å². The Kier molecular flexibility index (Phi) is 2.67. The van der Waals surface area contributed by atoms with E-state index in [2.05, 4.69) is 61.1 Å². The Morgan fingerprint density at radius 2 is 1.58 bits per heavy atom. The van der Waals surface area contributed by atoms with Gasteiger partial charge < -0.3 is 4.98 Å². The first-order valence-electron chi connectivity index (χ1n) is 6.60. The number of imidazole rings is 1. The maximum absolute atomic E-state index is 4.62. The van der Waals surface area contributed by atoms with Gasteiger partial charge in [0.1, 0.15) is 5.82 Å². The molecule has 0 unspecified atom stereocenters. The largest absolute Gasteiger partial charge is 0.338 e. The molecule has 0 amide bonds. The zero-order chi connectivity index (χ0) is 13.5. The zero-order valence-electron chi connectivity index (χ0n) is 11.6. The lowest BCUT2D eigenvalue weighted by molar-refractivity contribution is 0.590. The summed E-state index contributed by atoms with van der Waals surface area (Å²) >= 11 is 0. The lowest BCUT2D eigenvalue weighted by atomic mass is 9.87. The van der Waals surface area contributed by atoms with Crippen molar-refractivity contribution in [2.45, 2.75) is 26.2 Å². The molecule has 0 fully saturated rings. The molecule has 0 saturated heterocycles. The molecule has 0 aliphatic heterocycles. The molecule has 2 nitrogen and oxygen atoms in total. The second kappa shape index (κ2) is 4.23. The minimum absolute atomic E-state index is 0.187. The highest BCUT2D eigenvalue weighted by atomic mass is 14.9. The Labute approximate surface area is 113 Å². The van der Waals surface area contributed by atoms with E-state index in [4.69, 9.17) is 0 Å². The van der Waals surface area contributed by atoms with Gasteiger partial charge in [0.15, 0.2) is 0 Å². The first-order valence-corrected chi connectivity index (χ1v) is 6.60. The van der Waals surface area contributed by atoms with Crippen LogP contribution >= 0.6 is 0 Å². The van der Waals surface area contributed by atoms with E-state index < -0.39 is 0 Å². The molecule has 0 aliphatic rings. The monoisotopic (exact) mass is 250 g/mol. The molecular formula is C17H18N2. The number of rotatable bonds is 1. The van der Waals surface area contributed by atoms with Gasteiger partial charge in [0.2, 0.25) is 0 Å². The molecule has 1 N–H and O–H groups in total. The third-order valence-corrected chi connectivity index (χ3v) is 3.41. The van der Waals surface area contributed by atoms with Crippen LogP contribution in [0.3, 0.4) is 0 Å². The second-order valence-electron chi connectivity index (χ2n) is 5.93. The topological polar surface area (TPSA) is 28.7 Å². The minimum atomic E-state index is 0.187. The van der Waals surface area contributed by atoms with Gasteiger partial charge in [0, 0.05) is 5.56 Å². The van der Waals surface area contributed by atoms with Crippen LogP contribution in [0, 0.1) is 0 Å². The Morgan fingerprint density at radius 1 is 0.895 bits per heavy atom. The molecule has 0 saturated carbocycles. The fourth-order valence-corrected chi connectivity index (χ4v) is 2.22. The first-order chi connectivity index (χ1) is 9.04. The summed E-state index contributed by atoms with van der Waals surface area (Å²) in [5.41, 5.74) is 4.75. The van der Waals surface area contributed by atoms with Crippen LogP contribution in [0.4, 0.5) is 0 Å². The highest BCUT2D eigenvalue weighted by Gasteiger charge is 2.13. The Bertz CT molecular complexity index is 667. The summed E-state index contributed by atoms with van der Waals surface area (Å²) in [5, 5.41) is 0. The molecule has 1 heterocycles. The van der Waals surface area contributed by atoms with Gasteiger partial charge >= 0.3 is 0 Å². The standard InChI is InChI=1S/C17H18N2/c1-17(2,3)13-10-8-12(9-11-13)16-18-14-6-4-5-7-15(14)19-16/h4-11H,1-3H3,(H,18,19). The first kappa shape index (κ1) is 12.0. The summed E-state index contributed by atoms with van der Waals surface area (Å²) < 4.78 is 0. The summed E-state index contributed by atoms with van der Waals surface area (Å²) in [6.45, 7) is 6.68. The molecule has 0 spiro atoms. The van der Waals surface area contributed by atoms with Crippen LogP contribution in [0.15, 0.2) is 48.5 Å². The molecule has 1 aromatic heterocycles. The molecule has 2 heteroatoms. The Balaban J connectivity index is 2.02. The van der Waals surface area contributed by atoms with E-state index in [1.807, 2.05) is 18.2 Å². The van der Waals surface area contributed by atoms with Gasteiger partial charge in [0.25, 0.3) is 0 Å². The molecule has 0 radical (unpaired) electrons. The maximum atomic E-state index is 4.62. The van der Waals surface area contributed by atoms with Gasteiger partial charge in [-0.25, -0.2) is 4.98 Å². The number of nitrogens with zero attached hydrogens (tertiary/aromatic N) is 1. The van der Waals surface area contributed by atoms with Gasteiger partial charge in [-0.15, -0.1) is 0 Å². The van der Waals surface area contributed by atoms with Gasteiger partial charge in [-0.3, -0.25) is 0 Å². The predicted molar refractivity (Wildman–Crippen MR) is 80.2 cm³/mol. The highest BCUT2D eigenvalue weighted by molar-refractivity contribution is 5.79. The van der Waals surface area contributed by atoms with Crippen LogP contribution in [-0.2, 0) is 5.41 Å². The fraction of sp³-hybridized carbons (Fsp3) is 0.235. The van der Waals surface area contributed by atoms with Crippen molar-refractivity contribution in [3.8, 4) is 11.4 Å². The predicted octanol–water partition coefficient (Wildman–Crippen LogP) is 4.53. The Hall–Kier alpha value is -2.09. The summed E-state index contributed by atoms with van der Waals surface area (Å²) in [5.74, 6) is 0.932. The van der Waals surface area contributed by atoms with Gasteiger partial charge in [-0.2, -0.15) is 0 Å². The number of hydrogen-bond acceptors (Lipinski definition) is 1. The van der Waals surface area contributed by atoms with Crippen LogP contribution < -0.4 is 0 Å². The third-order valence-electron chi connectivity index (χ3n) is 3.41. The quantitative estimate of drug-likeness (QED) is 0.675. The second-order valence-corrected chi connectivity index (χ2v) is 5.93. The van der Waals surface area contributed by atoms with Crippen LogP contribution in [0.25, 0.3) is 22.4 Å². The van der Waals surface area contributed by atoms with E-state index in [0.29, 0.717) is 0 Å². The maximum Gasteiger partial charge on any atom is 0.138 e. The van der Waals surface area contributed by atoms with Crippen molar-refractivity contribution >= 4 is 11.0 Å². The van der Waals surface area contributed by atoms with Crippen molar-refractivity contribution in [2.24, 2.45) is 0 Å². The number of aromatic nitrogens is 2. The number of aromatic amines is 1. The molecule has 0 bridgehead atoms. The number of nitrogens with one attached hydrogen (secondary N) is 1. The molecule has 0 atom stereocenters. The SMILES string of the molecule is CC(C)(C)c1ccc(-c2nc3ccccc3[nH]2)cc1. The lowest BCUT2D eigenvalue weighted by Crippen LogP contribution is -2.10. The van der Waals surface area contributed by atoms with Crippen LogP contribution in [0.1, 0.15) is 26.3 Å². The van der Waals surface area contributed by atoms with E-state index in [1.165, 1.54) is 5.56 Å². The summed E-state index contributed by atoms with van der Waals surface area (Å²) in [4.78, 5) is 7.98. The van der Waals surface area contributed by atoms with Gasteiger partial charge in [-0.1, -0.05) is 57.2 Å². The zero-order valence-corrected chi connectivity index (χ0v) is 11.6. The van der Waals surface area contributed by atoms with Crippen molar-refractivity contribution in [2.75, 3.05) is 0 Å². The molecular weight excluding hydrogens is 232 g/mol. The molecule has 3 aromatic rings. The Morgan fingerprint density at radius 3 is 2.21 bits per heavy atom. The van der Waals surface area contributed by atoms with Crippen LogP contribution in [0.5, 0.6) is 0 Å². The number of hydrogen-bond donors (Lipinski definition) is 1. The molecule has 2 aromatic carbocycles. The van der Waals surface area contributed by atoms with Crippen molar-refractivity contribution in [3.63, 3.8) is 0 Å². The van der Waals surface area contributed by atoms with Crippen molar-refractivity contribution < 1.29 is 0 Å². The van der Waals surface area contributed by atoms with Gasteiger partial charge in [-0.05, 0) is 23.1 Å².